The van der Waals surface area contributed by atoms with E-state index in [1.807, 2.05) is 24.5 Å². The molecule has 3 atom stereocenters. The minimum atomic E-state index is -0.939. The van der Waals surface area contributed by atoms with Crippen LogP contribution in [0.1, 0.15) is 76.8 Å². The van der Waals surface area contributed by atoms with Gasteiger partial charge in [-0.1, -0.05) is 27.2 Å². The minimum Gasteiger partial charge on any atom is -0.465 e. The summed E-state index contributed by atoms with van der Waals surface area (Å²) in [4.78, 5) is 35.6. The van der Waals surface area contributed by atoms with Crippen molar-refractivity contribution < 1.29 is 9.90 Å². The number of fused-ring (bicyclic) bond motifs is 1. The lowest BCUT2D eigenvalue weighted by Gasteiger charge is -2.33. The Bertz CT molecular complexity index is 1000. The van der Waals surface area contributed by atoms with Crippen LogP contribution in [-0.4, -0.2) is 43.3 Å². The maximum atomic E-state index is 13.4. The first-order valence-electron chi connectivity index (χ1n) is 11.0. The van der Waals surface area contributed by atoms with Gasteiger partial charge in [-0.25, -0.2) is 9.78 Å². The van der Waals surface area contributed by atoms with Gasteiger partial charge in [0, 0.05) is 29.7 Å². The summed E-state index contributed by atoms with van der Waals surface area (Å²) in [7, 11) is 0. The fraction of sp³-hybridized carbons (Fsp3) is 0.636. The molecule has 2 aliphatic rings. The Labute approximate surface area is 176 Å². The maximum absolute atomic E-state index is 13.4. The van der Waals surface area contributed by atoms with E-state index in [2.05, 4.69) is 17.2 Å². The average Bonchev–Trinajstić information content (AvgIpc) is 3.13. The zero-order chi connectivity index (χ0) is 21.4. The summed E-state index contributed by atoms with van der Waals surface area (Å²) in [5, 5.41) is 13.5. The second-order valence-electron chi connectivity index (χ2n) is 9.01. The topological polar surface area (TPSA) is 100 Å². The fourth-order valence-corrected chi connectivity index (χ4v) is 4.90. The zero-order valence-corrected chi connectivity index (χ0v) is 18.0. The van der Waals surface area contributed by atoms with Crippen LogP contribution in [0.2, 0.25) is 0 Å². The van der Waals surface area contributed by atoms with E-state index in [4.69, 9.17) is 4.98 Å². The summed E-state index contributed by atoms with van der Waals surface area (Å²) in [6, 6.07) is 2.04. The normalized spacial score (nSPS) is 24.5. The number of hydrogen-bond acceptors (Lipinski definition) is 5. The molecule has 8 heteroatoms. The highest BCUT2D eigenvalue weighted by molar-refractivity contribution is 5.76. The van der Waals surface area contributed by atoms with Gasteiger partial charge in [0.2, 0.25) is 5.95 Å². The van der Waals surface area contributed by atoms with Gasteiger partial charge in [-0.15, -0.1) is 0 Å². The fourth-order valence-electron chi connectivity index (χ4n) is 4.90. The van der Waals surface area contributed by atoms with Crippen molar-refractivity contribution in [3.63, 3.8) is 0 Å². The van der Waals surface area contributed by atoms with Crippen LogP contribution in [0.25, 0.3) is 11.0 Å². The van der Waals surface area contributed by atoms with E-state index in [9.17, 15) is 14.7 Å². The lowest BCUT2D eigenvalue weighted by Crippen LogP contribution is -2.47. The first kappa shape index (κ1) is 20.6. The van der Waals surface area contributed by atoms with Crippen molar-refractivity contribution in [2.24, 2.45) is 5.92 Å². The quantitative estimate of drug-likeness (QED) is 0.780. The van der Waals surface area contributed by atoms with Crippen LogP contribution in [-0.2, 0) is 0 Å². The van der Waals surface area contributed by atoms with E-state index in [0.29, 0.717) is 30.5 Å². The Morgan fingerprint density at radius 2 is 2.03 bits per heavy atom. The third-order valence-corrected chi connectivity index (χ3v) is 6.61. The predicted octanol–water partition coefficient (Wildman–Crippen LogP) is 4.18. The number of carbonyl (C=O) groups is 1. The van der Waals surface area contributed by atoms with Crippen LogP contribution < -0.4 is 10.9 Å². The Balaban J connectivity index is 1.78. The molecule has 30 heavy (non-hydrogen) atoms. The molecular formula is C22H31N5O3. The van der Waals surface area contributed by atoms with Gasteiger partial charge in [-0.2, -0.15) is 4.98 Å². The predicted molar refractivity (Wildman–Crippen MR) is 116 cm³/mol. The lowest BCUT2D eigenvalue weighted by molar-refractivity contribution is 0.114. The molecule has 8 nitrogen and oxygen atoms in total. The molecule has 2 aromatic heterocycles. The molecule has 0 radical (unpaired) electrons. The maximum Gasteiger partial charge on any atom is 0.408 e. The van der Waals surface area contributed by atoms with Crippen molar-refractivity contribution in [1.82, 2.24) is 19.4 Å². The first-order valence-corrected chi connectivity index (χ1v) is 11.0. The Morgan fingerprint density at radius 1 is 1.23 bits per heavy atom. The monoisotopic (exact) mass is 413 g/mol. The van der Waals surface area contributed by atoms with Crippen molar-refractivity contribution in [2.45, 2.75) is 77.4 Å². The second kappa shape index (κ2) is 8.24. The van der Waals surface area contributed by atoms with Crippen molar-refractivity contribution in [3.05, 3.63) is 28.2 Å². The van der Waals surface area contributed by atoms with Gasteiger partial charge < -0.3 is 10.4 Å². The van der Waals surface area contributed by atoms with Gasteiger partial charge in [0.05, 0.1) is 0 Å². The summed E-state index contributed by atoms with van der Waals surface area (Å²) >= 11 is 0. The molecule has 3 heterocycles. The van der Waals surface area contributed by atoms with Crippen molar-refractivity contribution in [1.29, 1.82) is 0 Å². The average molecular weight is 414 g/mol. The number of hydrogen-bond donors (Lipinski definition) is 2. The third kappa shape index (κ3) is 3.75. The Hall–Kier alpha value is -2.64. The number of aromatic nitrogens is 3. The molecule has 1 amide bonds. The number of piperidine rings is 1. The number of nitrogens with zero attached hydrogens (tertiary/aromatic N) is 4. The van der Waals surface area contributed by atoms with E-state index in [-0.39, 0.29) is 23.7 Å². The van der Waals surface area contributed by atoms with Gasteiger partial charge in [-0.05, 0) is 50.0 Å². The number of rotatable bonds is 4. The van der Waals surface area contributed by atoms with Crippen molar-refractivity contribution in [3.8, 4) is 0 Å². The van der Waals surface area contributed by atoms with Gasteiger partial charge in [-0.3, -0.25) is 14.3 Å². The number of anilines is 1. The van der Waals surface area contributed by atoms with E-state index in [0.717, 1.165) is 43.1 Å². The zero-order valence-electron chi connectivity index (χ0n) is 18.0. The second-order valence-corrected chi connectivity index (χ2v) is 9.01. The summed E-state index contributed by atoms with van der Waals surface area (Å²) in [5.41, 5.74) is 1.46. The highest BCUT2D eigenvalue weighted by atomic mass is 16.4. The van der Waals surface area contributed by atoms with E-state index in [1.54, 1.807) is 6.20 Å². The van der Waals surface area contributed by atoms with Crippen LogP contribution in [0.15, 0.2) is 17.1 Å². The highest BCUT2D eigenvalue weighted by Gasteiger charge is 2.30. The van der Waals surface area contributed by atoms with Crippen LogP contribution in [0.5, 0.6) is 0 Å². The molecule has 4 rings (SSSR count). The number of likely N-dealkylation sites (tertiary alicyclic amines) is 1. The van der Waals surface area contributed by atoms with Crippen molar-refractivity contribution >= 4 is 23.1 Å². The summed E-state index contributed by atoms with van der Waals surface area (Å²) in [5.74, 6) is 0.909. The molecule has 1 aliphatic heterocycles. The lowest BCUT2D eigenvalue weighted by atomic mass is 10.0. The molecule has 0 aromatic carbocycles. The van der Waals surface area contributed by atoms with Crippen molar-refractivity contribution in [2.75, 3.05) is 11.9 Å². The van der Waals surface area contributed by atoms with Crippen LogP contribution in [0.4, 0.5) is 10.7 Å². The third-order valence-electron chi connectivity index (χ3n) is 6.61. The number of amides is 1. The van der Waals surface area contributed by atoms with E-state index < -0.39 is 6.09 Å². The van der Waals surface area contributed by atoms with E-state index in [1.165, 1.54) is 4.90 Å². The van der Waals surface area contributed by atoms with Crippen LogP contribution in [0, 0.1) is 5.92 Å². The smallest absolute Gasteiger partial charge is 0.408 e. The van der Waals surface area contributed by atoms with E-state index >= 15 is 0 Å². The van der Waals surface area contributed by atoms with Gasteiger partial charge >= 0.3 is 6.09 Å². The molecule has 3 unspecified atom stereocenters. The molecule has 1 saturated heterocycles. The van der Waals surface area contributed by atoms with Gasteiger partial charge in [0.15, 0.2) is 0 Å². The molecule has 2 fully saturated rings. The SMILES string of the molecule is CC(C)c1cc2cnc(NC3CCCCN3C(=O)O)nc2n(C2CCCC2C)c1=O. The molecule has 1 aliphatic carbocycles. The molecule has 1 saturated carbocycles. The molecule has 2 N–H and O–H groups in total. The minimum absolute atomic E-state index is 0.0331. The van der Waals surface area contributed by atoms with Gasteiger partial charge in [0.1, 0.15) is 11.8 Å². The standard InChI is InChI=1S/C22H31N5O3/c1-13(2)16-11-15-12-23-21(24-18-9-4-5-10-26(18)22(29)30)25-19(15)27(20(16)28)17-8-6-7-14(17)3/h11-14,17-18H,4-10H2,1-3H3,(H,29,30)(H,23,24,25). The molecule has 2 aromatic rings. The Morgan fingerprint density at radius 3 is 2.70 bits per heavy atom. The number of pyridine rings is 1. The Kier molecular flexibility index (Phi) is 5.66. The summed E-state index contributed by atoms with van der Waals surface area (Å²) in [6.07, 6.45) is 6.18. The molecule has 0 spiro atoms. The molecule has 0 bridgehead atoms. The van der Waals surface area contributed by atoms with Crippen LogP contribution >= 0.6 is 0 Å². The van der Waals surface area contributed by atoms with Crippen LogP contribution in [0.3, 0.4) is 0 Å². The summed E-state index contributed by atoms with van der Waals surface area (Å²) < 4.78 is 1.88. The molecule has 162 valence electrons. The van der Waals surface area contributed by atoms with Gasteiger partial charge in [0.25, 0.3) is 5.56 Å². The number of nitrogens with one attached hydrogen (secondary N) is 1. The molecular weight excluding hydrogens is 382 g/mol. The summed E-state index contributed by atoms with van der Waals surface area (Å²) in [6.45, 7) is 6.77. The number of carboxylic acid groups (broad SMARTS) is 1. The largest absolute Gasteiger partial charge is 0.465 e. The highest BCUT2D eigenvalue weighted by Crippen LogP contribution is 2.36. The first-order chi connectivity index (χ1) is 14.4.